The van der Waals surface area contributed by atoms with Crippen LogP contribution in [0.2, 0.25) is 0 Å². The SMILES string of the molecule is NCCCC[C@H](NC(=O)[C@H](Cc1ccc(O)cc1)NC(=O)[C@H](Cc1ccc(O)cc1)NCCCCCCN=C(N)N)C(=O)N[C@H](CO)Cc1ccccc1. The number of phenols is 2. The molecular weight excluding hydrogens is 688 g/mol. The first kappa shape index (κ1) is 43.2. The number of benzene rings is 3. The Labute approximate surface area is 318 Å². The summed E-state index contributed by atoms with van der Waals surface area (Å²) in [5.74, 6) is -1.19. The molecule has 4 atom stereocenters. The maximum absolute atomic E-state index is 14.1. The van der Waals surface area contributed by atoms with Crippen LogP contribution in [0.25, 0.3) is 0 Å². The highest BCUT2D eigenvalue weighted by Crippen LogP contribution is 2.15. The van der Waals surface area contributed by atoms with Gasteiger partial charge in [0.1, 0.15) is 23.6 Å². The van der Waals surface area contributed by atoms with Crippen molar-refractivity contribution in [3.05, 3.63) is 95.6 Å². The van der Waals surface area contributed by atoms with Crippen LogP contribution < -0.4 is 38.5 Å². The number of aromatic hydroxyl groups is 2. The summed E-state index contributed by atoms with van der Waals surface area (Å²) in [4.78, 5) is 45.8. The van der Waals surface area contributed by atoms with Gasteiger partial charge >= 0.3 is 0 Å². The molecule has 0 bridgehead atoms. The summed E-state index contributed by atoms with van der Waals surface area (Å²) in [6, 6.07) is 19.1. The van der Waals surface area contributed by atoms with E-state index in [-0.39, 0.29) is 36.9 Å². The lowest BCUT2D eigenvalue weighted by Crippen LogP contribution is -2.58. The van der Waals surface area contributed by atoms with Gasteiger partial charge < -0.3 is 53.8 Å². The number of nitrogens with zero attached hydrogens (tertiary/aromatic N) is 1. The number of aliphatic imine (C=N–C) groups is 1. The molecule has 13 N–H and O–H groups in total. The van der Waals surface area contributed by atoms with E-state index < -0.39 is 41.9 Å². The van der Waals surface area contributed by atoms with Crippen LogP contribution in [-0.2, 0) is 33.6 Å². The van der Waals surface area contributed by atoms with Gasteiger partial charge in [0.05, 0.1) is 18.7 Å². The monoisotopic (exact) mass is 746 g/mol. The van der Waals surface area contributed by atoms with Crippen molar-refractivity contribution < 1.29 is 29.7 Å². The number of aliphatic hydroxyl groups is 1. The summed E-state index contributed by atoms with van der Waals surface area (Å²) in [6.07, 6.45) is 5.72. The number of amides is 3. The lowest BCUT2D eigenvalue weighted by atomic mass is 10.0. The number of nitrogens with one attached hydrogen (secondary N) is 4. The van der Waals surface area contributed by atoms with E-state index in [9.17, 15) is 29.7 Å². The molecule has 3 aromatic carbocycles. The van der Waals surface area contributed by atoms with Gasteiger partial charge in [0.15, 0.2) is 5.96 Å². The summed E-state index contributed by atoms with van der Waals surface area (Å²) in [7, 11) is 0. The first-order valence-corrected chi connectivity index (χ1v) is 18.7. The second-order valence-corrected chi connectivity index (χ2v) is 13.5. The number of carbonyl (C=O) groups excluding carboxylic acids is 3. The van der Waals surface area contributed by atoms with Crippen molar-refractivity contribution in [1.82, 2.24) is 21.3 Å². The van der Waals surface area contributed by atoms with E-state index in [1.165, 1.54) is 12.1 Å². The molecule has 0 fully saturated rings. The van der Waals surface area contributed by atoms with Crippen LogP contribution in [0, 0.1) is 0 Å². The van der Waals surface area contributed by atoms with Gasteiger partial charge in [-0.1, -0.05) is 67.4 Å². The molecule has 54 heavy (non-hydrogen) atoms. The molecule has 0 saturated carbocycles. The van der Waals surface area contributed by atoms with E-state index in [2.05, 4.69) is 26.3 Å². The minimum absolute atomic E-state index is 0.0590. The predicted molar refractivity (Wildman–Crippen MR) is 210 cm³/mol. The molecule has 0 aliphatic rings. The molecule has 294 valence electrons. The zero-order chi connectivity index (χ0) is 39.1. The van der Waals surface area contributed by atoms with Crippen LogP contribution >= 0.6 is 0 Å². The molecule has 0 unspecified atom stereocenters. The number of hydrogen-bond donors (Lipinski definition) is 10. The molecular formula is C40H58N8O6. The lowest BCUT2D eigenvalue weighted by Gasteiger charge is -2.27. The summed E-state index contributed by atoms with van der Waals surface area (Å²) in [5, 5.41) is 41.8. The minimum Gasteiger partial charge on any atom is -0.508 e. The second-order valence-electron chi connectivity index (χ2n) is 13.5. The van der Waals surface area contributed by atoms with E-state index in [4.69, 9.17) is 17.2 Å². The fourth-order valence-corrected chi connectivity index (χ4v) is 5.94. The number of carbonyl (C=O) groups is 3. The predicted octanol–water partition coefficient (Wildman–Crippen LogP) is 1.49. The van der Waals surface area contributed by atoms with Gasteiger partial charge in [-0.2, -0.15) is 0 Å². The summed E-state index contributed by atoms with van der Waals surface area (Å²) in [6.45, 7) is 1.21. The standard InChI is InChI=1S/C40H58N8O6/c41-21-7-6-12-34(37(52)46-31(27-49)24-28-10-4-3-5-11-28)47-39(54)36(26-30-15-19-33(51)20-16-30)48-38(53)35(25-29-13-17-32(50)18-14-29)44-22-8-1-2-9-23-45-40(42)43/h3-5,10-11,13-20,31,34-36,44,49-51H,1-2,6-9,12,21-27,41H2,(H,46,52)(H,47,54)(H,48,53)(H4,42,43,45)/t31-,34-,35-,36-/m0/s1. The fourth-order valence-electron chi connectivity index (χ4n) is 5.94. The van der Waals surface area contributed by atoms with Crippen molar-refractivity contribution in [3.63, 3.8) is 0 Å². The number of unbranched alkanes of at least 4 members (excludes halogenated alkanes) is 4. The molecule has 0 saturated heterocycles. The average molecular weight is 747 g/mol. The molecule has 0 spiro atoms. The largest absolute Gasteiger partial charge is 0.508 e. The van der Waals surface area contributed by atoms with Gasteiger partial charge in [-0.25, -0.2) is 0 Å². The Morgan fingerprint density at radius 1 is 0.611 bits per heavy atom. The average Bonchev–Trinajstić information content (AvgIpc) is 3.16. The Kier molecular flexibility index (Phi) is 19.4. The van der Waals surface area contributed by atoms with Gasteiger partial charge in [0.2, 0.25) is 17.7 Å². The van der Waals surface area contributed by atoms with Crippen LogP contribution in [0.5, 0.6) is 11.5 Å². The van der Waals surface area contributed by atoms with Crippen molar-refractivity contribution in [3.8, 4) is 11.5 Å². The van der Waals surface area contributed by atoms with Gasteiger partial charge in [-0.05, 0) is 99.0 Å². The third-order valence-electron chi connectivity index (χ3n) is 8.94. The Morgan fingerprint density at radius 2 is 1.15 bits per heavy atom. The number of rotatable bonds is 25. The van der Waals surface area contributed by atoms with Crippen molar-refractivity contribution in [2.75, 3.05) is 26.2 Å². The van der Waals surface area contributed by atoms with Gasteiger partial charge in [-0.15, -0.1) is 0 Å². The van der Waals surface area contributed by atoms with Crippen LogP contribution in [0.3, 0.4) is 0 Å². The van der Waals surface area contributed by atoms with Crippen molar-refractivity contribution in [2.45, 2.75) is 88.4 Å². The summed E-state index contributed by atoms with van der Waals surface area (Å²) < 4.78 is 0. The number of guanidine groups is 1. The van der Waals surface area contributed by atoms with Gasteiger partial charge in [-0.3, -0.25) is 19.4 Å². The maximum atomic E-state index is 14.1. The highest BCUT2D eigenvalue weighted by molar-refractivity contribution is 5.93. The van der Waals surface area contributed by atoms with Gasteiger partial charge in [0.25, 0.3) is 0 Å². The number of phenolic OH excluding ortho intramolecular Hbond substituents is 2. The van der Waals surface area contributed by atoms with Crippen molar-refractivity contribution >= 4 is 23.7 Å². The van der Waals surface area contributed by atoms with E-state index >= 15 is 0 Å². The quantitative estimate of drug-likeness (QED) is 0.0340. The molecule has 14 heteroatoms. The Hall–Kier alpha value is -5.18. The Bertz CT molecular complexity index is 1570. The van der Waals surface area contributed by atoms with E-state index in [0.717, 1.165) is 36.8 Å². The number of nitrogens with two attached hydrogens (primary N) is 3. The van der Waals surface area contributed by atoms with Crippen molar-refractivity contribution in [2.24, 2.45) is 22.2 Å². The lowest BCUT2D eigenvalue weighted by molar-refractivity contribution is -0.133. The Morgan fingerprint density at radius 3 is 1.74 bits per heavy atom. The molecule has 0 aliphatic heterocycles. The fraction of sp³-hybridized carbons (Fsp3) is 0.450. The molecule has 3 rings (SSSR count). The molecule has 0 aliphatic carbocycles. The van der Waals surface area contributed by atoms with Crippen LogP contribution in [0.1, 0.15) is 61.6 Å². The zero-order valence-corrected chi connectivity index (χ0v) is 31.0. The normalized spacial score (nSPS) is 13.2. The molecule has 3 aromatic rings. The summed E-state index contributed by atoms with van der Waals surface area (Å²) in [5.41, 5.74) is 19.0. The van der Waals surface area contributed by atoms with Crippen LogP contribution in [0.15, 0.2) is 83.9 Å². The molecule has 0 heterocycles. The first-order chi connectivity index (χ1) is 26.1. The Balaban J connectivity index is 1.78. The highest BCUT2D eigenvalue weighted by atomic mass is 16.3. The number of aliphatic hydroxyl groups excluding tert-OH is 1. The summed E-state index contributed by atoms with van der Waals surface area (Å²) >= 11 is 0. The van der Waals surface area contributed by atoms with E-state index in [1.807, 2.05) is 30.3 Å². The molecule has 0 radical (unpaired) electrons. The molecule has 14 nitrogen and oxygen atoms in total. The van der Waals surface area contributed by atoms with Gasteiger partial charge in [0, 0.05) is 13.0 Å². The van der Waals surface area contributed by atoms with Crippen LogP contribution in [-0.4, -0.2) is 89.4 Å². The van der Waals surface area contributed by atoms with Crippen molar-refractivity contribution in [1.29, 1.82) is 0 Å². The highest BCUT2D eigenvalue weighted by Gasteiger charge is 2.30. The van der Waals surface area contributed by atoms with E-state index in [1.54, 1.807) is 36.4 Å². The topological polar surface area (TPSA) is 250 Å². The molecule has 3 amide bonds. The molecule has 0 aromatic heterocycles. The smallest absolute Gasteiger partial charge is 0.243 e. The second kappa shape index (κ2) is 24.2. The minimum atomic E-state index is -1.08. The number of hydrogen-bond acceptors (Lipinski definition) is 9. The zero-order valence-electron chi connectivity index (χ0n) is 31.0. The first-order valence-electron chi connectivity index (χ1n) is 18.7. The third-order valence-corrected chi connectivity index (χ3v) is 8.94. The van der Waals surface area contributed by atoms with E-state index in [0.29, 0.717) is 50.9 Å². The third kappa shape index (κ3) is 16.7. The van der Waals surface area contributed by atoms with Crippen LogP contribution in [0.4, 0.5) is 0 Å². The maximum Gasteiger partial charge on any atom is 0.243 e.